The third-order valence-electron chi connectivity index (χ3n) is 3.10. The standard InChI is InChI=1S/C17H16N4O2S/c1-12(2)23-17(22)15(11-14-9-6-10-24-14)21-16(18-19-20-21)13-7-4-3-5-8-13/h3-12H,1-2H3/b15-11+. The summed E-state index contributed by atoms with van der Waals surface area (Å²) in [6.07, 6.45) is 1.50. The van der Waals surface area contributed by atoms with Crippen molar-refractivity contribution in [3.63, 3.8) is 0 Å². The quantitative estimate of drug-likeness (QED) is 0.526. The lowest BCUT2D eigenvalue weighted by Gasteiger charge is -2.11. The van der Waals surface area contributed by atoms with Gasteiger partial charge in [-0.25, -0.2) is 4.79 Å². The van der Waals surface area contributed by atoms with Crippen LogP contribution in [0.2, 0.25) is 0 Å². The second-order valence-corrected chi connectivity index (χ2v) is 6.26. The van der Waals surface area contributed by atoms with Crippen LogP contribution in [0.25, 0.3) is 23.2 Å². The van der Waals surface area contributed by atoms with Crippen LogP contribution in [0.5, 0.6) is 0 Å². The molecule has 3 aromatic rings. The molecule has 1 aromatic carbocycles. The van der Waals surface area contributed by atoms with Crippen molar-refractivity contribution in [1.29, 1.82) is 0 Å². The number of carbonyl (C=O) groups is 1. The molecular formula is C17H16N4O2S. The van der Waals surface area contributed by atoms with Gasteiger partial charge in [-0.05, 0) is 41.8 Å². The maximum Gasteiger partial charge on any atom is 0.357 e. The maximum absolute atomic E-state index is 12.6. The van der Waals surface area contributed by atoms with E-state index in [4.69, 9.17) is 4.74 Å². The molecule has 0 fully saturated rings. The van der Waals surface area contributed by atoms with Crippen LogP contribution in [0, 0.1) is 0 Å². The van der Waals surface area contributed by atoms with E-state index in [-0.39, 0.29) is 11.8 Å². The Bertz CT molecular complexity index is 839. The Morgan fingerprint density at radius 2 is 2.00 bits per heavy atom. The van der Waals surface area contributed by atoms with Crippen LogP contribution in [-0.2, 0) is 9.53 Å². The zero-order chi connectivity index (χ0) is 16.9. The van der Waals surface area contributed by atoms with Crippen LogP contribution in [-0.4, -0.2) is 32.3 Å². The molecule has 0 saturated carbocycles. The number of thiophene rings is 1. The summed E-state index contributed by atoms with van der Waals surface area (Å²) < 4.78 is 6.77. The predicted molar refractivity (Wildman–Crippen MR) is 93.0 cm³/mol. The summed E-state index contributed by atoms with van der Waals surface area (Å²) in [6.45, 7) is 3.61. The van der Waals surface area contributed by atoms with E-state index in [1.807, 2.05) is 47.8 Å². The van der Waals surface area contributed by atoms with Crippen LogP contribution >= 0.6 is 11.3 Å². The van der Waals surface area contributed by atoms with Gasteiger partial charge in [-0.2, -0.15) is 4.68 Å². The molecule has 6 nitrogen and oxygen atoms in total. The highest BCUT2D eigenvalue weighted by Crippen LogP contribution is 2.22. The minimum atomic E-state index is -0.470. The van der Waals surface area contributed by atoms with Gasteiger partial charge in [0.2, 0.25) is 0 Å². The summed E-state index contributed by atoms with van der Waals surface area (Å²) in [5, 5.41) is 13.7. The van der Waals surface area contributed by atoms with Crippen molar-refractivity contribution in [2.24, 2.45) is 0 Å². The van der Waals surface area contributed by atoms with Crippen molar-refractivity contribution in [2.45, 2.75) is 20.0 Å². The Balaban J connectivity index is 2.07. The zero-order valence-corrected chi connectivity index (χ0v) is 14.1. The molecule has 0 saturated heterocycles. The molecular weight excluding hydrogens is 324 g/mol. The van der Waals surface area contributed by atoms with Crippen LogP contribution < -0.4 is 0 Å². The summed E-state index contributed by atoms with van der Waals surface area (Å²) in [7, 11) is 0. The number of nitrogens with zero attached hydrogens (tertiary/aromatic N) is 4. The minimum absolute atomic E-state index is 0.235. The Kier molecular flexibility index (Phi) is 4.81. The zero-order valence-electron chi connectivity index (χ0n) is 13.3. The normalized spacial score (nSPS) is 11.7. The number of hydrogen-bond donors (Lipinski definition) is 0. The van der Waals surface area contributed by atoms with E-state index in [0.717, 1.165) is 10.4 Å². The Labute approximate surface area is 143 Å². The van der Waals surface area contributed by atoms with Gasteiger partial charge in [0.1, 0.15) is 0 Å². The Hall–Kier alpha value is -2.80. The fourth-order valence-electron chi connectivity index (χ4n) is 2.11. The summed E-state index contributed by atoms with van der Waals surface area (Å²) in [4.78, 5) is 13.5. The highest BCUT2D eigenvalue weighted by molar-refractivity contribution is 7.10. The maximum atomic E-state index is 12.6. The molecule has 24 heavy (non-hydrogen) atoms. The Morgan fingerprint density at radius 3 is 2.67 bits per heavy atom. The van der Waals surface area contributed by atoms with E-state index in [1.165, 1.54) is 16.0 Å². The number of carbonyl (C=O) groups excluding carboxylic acids is 1. The lowest BCUT2D eigenvalue weighted by Crippen LogP contribution is -2.18. The largest absolute Gasteiger partial charge is 0.458 e. The van der Waals surface area contributed by atoms with Gasteiger partial charge in [-0.3, -0.25) is 0 Å². The molecule has 0 radical (unpaired) electrons. The van der Waals surface area contributed by atoms with Crippen molar-refractivity contribution in [1.82, 2.24) is 20.2 Å². The van der Waals surface area contributed by atoms with Gasteiger partial charge in [-0.1, -0.05) is 36.4 Å². The van der Waals surface area contributed by atoms with Gasteiger partial charge in [0.15, 0.2) is 11.5 Å². The molecule has 7 heteroatoms. The summed E-state index contributed by atoms with van der Waals surface area (Å²) in [5.41, 5.74) is 1.09. The summed E-state index contributed by atoms with van der Waals surface area (Å²) in [5.74, 6) is 0.0157. The molecule has 0 aliphatic rings. The first-order valence-corrected chi connectivity index (χ1v) is 8.33. The monoisotopic (exact) mass is 340 g/mol. The minimum Gasteiger partial charge on any atom is -0.458 e. The highest BCUT2D eigenvalue weighted by atomic mass is 32.1. The number of ether oxygens (including phenoxy) is 1. The van der Waals surface area contributed by atoms with Crippen LogP contribution in [0.15, 0.2) is 47.8 Å². The third-order valence-corrected chi connectivity index (χ3v) is 3.92. The van der Waals surface area contributed by atoms with Gasteiger partial charge in [0, 0.05) is 10.4 Å². The first kappa shape index (κ1) is 16.1. The number of benzene rings is 1. The van der Waals surface area contributed by atoms with E-state index in [2.05, 4.69) is 15.5 Å². The Morgan fingerprint density at radius 1 is 1.21 bits per heavy atom. The summed E-state index contributed by atoms with van der Waals surface area (Å²) >= 11 is 1.52. The topological polar surface area (TPSA) is 69.9 Å². The van der Waals surface area contributed by atoms with Gasteiger partial charge in [-0.15, -0.1) is 16.4 Å². The van der Waals surface area contributed by atoms with Gasteiger partial charge < -0.3 is 4.74 Å². The fourth-order valence-corrected chi connectivity index (χ4v) is 2.76. The van der Waals surface area contributed by atoms with E-state index < -0.39 is 5.97 Å². The summed E-state index contributed by atoms with van der Waals surface area (Å²) in [6, 6.07) is 13.3. The molecule has 0 aliphatic heterocycles. The average Bonchev–Trinajstić information content (AvgIpc) is 3.24. The number of tetrazole rings is 1. The van der Waals surface area contributed by atoms with Crippen LogP contribution in [0.1, 0.15) is 18.7 Å². The molecule has 0 spiro atoms. The first-order valence-electron chi connectivity index (χ1n) is 7.45. The van der Waals surface area contributed by atoms with Crippen molar-refractivity contribution in [2.75, 3.05) is 0 Å². The molecule has 0 atom stereocenters. The van der Waals surface area contributed by atoms with Crippen molar-refractivity contribution < 1.29 is 9.53 Å². The fraction of sp³-hybridized carbons (Fsp3) is 0.176. The molecule has 2 heterocycles. The molecule has 0 N–H and O–H groups in total. The molecule has 3 rings (SSSR count). The van der Waals surface area contributed by atoms with Gasteiger partial charge in [0.05, 0.1) is 6.10 Å². The van der Waals surface area contributed by atoms with E-state index in [0.29, 0.717) is 5.82 Å². The van der Waals surface area contributed by atoms with Gasteiger partial charge in [0.25, 0.3) is 0 Å². The number of aromatic nitrogens is 4. The van der Waals surface area contributed by atoms with Crippen molar-refractivity contribution >= 4 is 29.1 Å². The lowest BCUT2D eigenvalue weighted by molar-refractivity contribution is -0.140. The molecule has 0 bridgehead atoms. The van der Waals surface area contributed by atoms with E-state index in [1.54, 1.807) is 19.9 Å². The highest BCUT2D eigenvalue weighted by Gasteiger charge is 2.21. The lowest BCUT2D eigenvalue weighted by atomic mass is 10.2. The van der Waals surface area contributed by atoms with Crippen molar-refractivity contribution in [3.8, 4) is 11.4 Å². The van der Waals surface area contributed by atoms with E-state index in [9.17, 15) is 4.79 Å². The predicted octanol–water partition coefficient (Wildman–Crippen LogP) is 3.35. The van der Waals surface area contributed by atoms with E-state index >= 15 is 0 Å². The molecule has 0 aliphatic carbocycles. The van der Waals surface area contributed by atoms with Crippen LogP contribution in [0.4, 0.5) is 0 Å². The second-order valence-electron chi connectivity index (χ2n) is 5.28. The first-order chi connectivity index (χ1) is 11.6. The van der Waals surface area contributed by atoms with Crippen molar-refractivity contribution in [3.05, 3.63) is 52.7 Å². The number of hydrogen-bond acceptors (Lipinski definition) is 6. The third kappa shape index (κ3) is 3.57. The average molecular weight is 340 g/mol. The van der Waals surface area contributed by atoms with Gasteiger partial charge >= 0.3 is 5.97 Å². The molecule has 122 valence electrons. The molecule has 0 unspecified atom stereocenters. The number of esters is 1. The molecule has 2 aromatic heterocycles. The smallest absolute Gasteiger partial charge is 0.357 e. The number of rotatable bonds is 5. The second kappa shape index (κ2) is 7.18. The molecule has 0 amide bonds. The SMILES string of the molecule is CC(C)OC(=O)/C(=C\c1cccs1)n1nnnc1-c1ccccc1. The van der Waals surface area contributed by atoms with Crippen LogP contribution in [0.3, 0.4) is 0 Å².